The van der Waals surface area contributed by atoms with E-state index in [0.29, 0.717) is 37.4 Å². The minimum Gasteiger partial charge on any atom is -0.404 e. The molecule has 7 rings (SSSR count). The molecule has 4 aliphatic carbocycles. The Hall–Kier alpha value is -1.80. The molecule has 0 aromatic heterocycles. The van der Waals surface area contributed by atoms with E-state index in [0.717, 1.165) is 51.4 Å². The van der Waals surface area contributed by atoms with Crippen molar-refractivity contribution in [2.24, 2.45) is 40.4 Å². The van der Waals surface area contributed by atoms with Crippen LogP contribution in [0.3, 0.4) is 0 Å². The van der Waals surface area contributed by atoms with Crippen LogP contribution in [0, 0.1) is 40.4 Å². The number of allylic oxidation sites excluding steroid dienone is 1. The number of benzene rings is 2. The van der Waals surface area contributed by atoms with Crippen LogP contribution in [0.5, 0.6) is 0 Å². The zero-order valence-electron chi connectivity index (χ0n) is 32.8. The summed E-state index contributed by atoms with van der Waals surface area (Å²) in [5.74, 6) is 0.582. The Morgan fingerprint density at radius 1 is 0.882 bits per heavy atom. The second-order valence-corrected chi connectivity index (χ2v) is 23.4. The van der Waals surface area contributed by atoms with Gasteiger partial charge in [0, 0.05) is 23.9 Å². The maximum atomic E-state index is 12.9. The molecule has 1 heterocycles. The van der Waals surface area contributed by atoms with Crippen molar-refractivity contribution in [2.45, 2.75) is 142 Å². The summed E-state index contributed by atoms with van der Waals surface area (Å²) in [6.45, 7) is 19.6. The smallest absolute Gasteiger partial charge is 0.261 e. The second kappa shape index (κ2) is 13.5. The van der Waals surface area contributed by atoms with Crippen molar-refractivity contribution in [1.82, 2.24) is 0 Å². The van der Waals surface area contributed by atoms with Gasteiger partial charge in [0.2, 0.25) is 0 Å². The average molecular weight is 715 g/mol. The molecule has 5 aliphatic rings. The van der Waals surface area contributed by atoms with E-state index in [1.165, 1.54) is 10.4 Å². The standard InChI is InChI=1S/C45H66O5Si/c1-31(2)21-26-44(48-27-28-49-44)32(3)45(47)40(46)30-39-37-20-19-33-29-34(22-24-42(33,7)38(37)23-25-43(39,45)8)50-51(41(4,5)6,35-15-11-9-12-16-35)36-17-13-10-14-18-36/h9-19,31-32,34,37-40,46-47H,20-30H2,1-8H3/t32-,34+,37-,38+,39+,40+,42+,43+,45-/m1/s1. The van der Waals surface area contributed by atoms with Crippen molar-refractivity contribution >= 4 is 18.7 Å². The summed E-state index contributed by atoms with van der Waals surface area (Å²) in [6, 6.07) is 22.1. The molecule has 2 aromatic carbocycles. The maximum absolute atomic E-state index is 12.9. The average Bonchev–Trinajstić information content (AvgIpc) is 3.67. The Labute approximate surface area is 309 Å². The minimum absolute atomic E-state index is 0.0461. The first-order chi connectivity index (χ1) is 24.1. The van der Waals surface area contributed by atoms with Crippen LogP contribution < -0.4 is 10.4 Å². The Morgan fingerprint density at radius 3 is 2.06 bits per heavy atom. The highest BCUT2D eigenvalue weighted by Crippen LogP contribution is 2.69. The van der Waals surface area contributed by atoms with Crippen molar-refractivity contribution in [3.63, 3.8) is 0 Å². The molecule has 2 aromatic rings. The lowest BCUT2D eigenvalue weighted by Gasteiger charge is -2.60. The number of aliphatic hydroxyl groups is 2. The van der Waals surface area contributed by atoms with E-state index in [4.69, 9.17) is 13.9 Å². The number of fused-ring (bicyclic) bond motifs is 5. The van der Waals surface area contributed by atoms with Crippen molar-refractivity contribution in [1.29, 1.82) is 0 Å². The molecule has 0 radical (unpaired) electrons. The number of ether oxygens (including phenoxy) is 2. The Bertz CT molecular complexity index is 1510. The van der Waals surface area contributed by atoms with Crippen LogP contribution in [0.15, 0.2) is 72.3 Å². The summed E-state index contributed by atoms with van der Waals surface area (Å²) in [4.78, 5) is 0. The third-order valence-corrected chi connectivity index (χ3v) is 20.4. The monoisotopic (exact) mass is 714 g/mol. The van der Waals surface area contributed by atoms with Gasteiger partial charge in [0.1, 0.15) is 5.60 Å². The highest BCUT2D eigenvalue weighted by Gasteiger charge is 2.71. The van der Waals surface area contributed by atoms with Crippen molar-refractivity contribution < 1.29 is 24.1 Å². The quantitative estimate of drug-likeness (QED) is 0.202. The molecule has 280 valence electrons. The highest BCUT2D eigenvalue weighted by atomic mass is 28.4. The fraction of sp³-hybridized carbons (Fsp3) is 0.689. The molecule has 1 aliphatic heterocycles. The van der Waals surface area contributed by atoms with Crippen LogP contribution in [-0.2, 0) is 13.9 Å². The summed E-state index contributed by atoms with van der Waals surface area (Å²) < 4.78 is 20.5. The maximum Gasteiger partial charge on any atom is 0.261 e. The van der Waals surface area contributed by atoms with E-state index in [1.807, 2.05) is 0 Å². The second-order valence-electron chi connectivity index (χ2n) is 19.1. The fourth-order valence-corrected chi connectivity index (χ4v) is 17.1. The topological polar surface area (TPSA) is 68.2 Å². The number of hydrogen-bond acceptors (Lipinski definition) is 5. The van der Waals surface area contributed by atoms with E-state index in [1.54, 1.807) is 5.57 Å². The lowest BCUT2D eigenvalue weighted by Crippen LogP contribution is -2.68. The van der Waals surface area contributed by atoms with Gasteiger partial charge in [-0.15, -0.1) is 0 Å². The first-order valence-electron chi connectivity index (χ1n) is 20.3. The Balaban J connectivity index is 1.16. The number of aliphatic hydroxyl groups excluding tert-OH is 1. The van der Waals surface area contributed by atoms with E-state index in [9.17, 15) is 10.2 Å². The zero-order chi connectivity index (χ0) is 36.5. The molecule has 1 saturated heterocycles. The summed E-state index contributed by atoms with van der Waals surface area (Å²) in [5.41, 5.74) is 0.0292. The third-order valence-electron chi connectivity index (χ3n) is 15.3. The first-order valence-corrected chi connectivity index (χ1v) is 22.2. The van der Waals surface area contributed by atoms with Gasteiger partial charge in [-0.2, -0.15) is 0 Å². The predicted octanol–water partition coefficient (Wildman–Crippen LogP) is 8.41. The fourth-order valence-electron chi connectivity index (χ4n) is 12.4. The van der Waals surface area contributed by atoms with Crippen LogP contribution in [0.1, 0.15) is 113 Å². The summed E-state index contributed by atoms with van der Waals surface area (Å²) in [5, 5.41) is 27.5. The molecule has 51 heavy (non-hydrogen) atoms. The van der Waals surface area contributed by atoms with Gasteiger partial charge >= 0.3 is 0 Å². The van der Waals surface area contributed by atoms with Crippen molar-refractivity contribution in [2.75, 3.05) is 13.2 Å². The summed E-state index contributed by atoms with van der Waals surface area (Å²) in [7, 11) is -2.65. The van der Waals surface area contributed by atoms with Crippen LogP contribution in [0.4, 0.5) is 0 Å². The molecule has 9 atom stereocenters. The molecular weight excluding hydrogens is 649 g/mol. The zero-order valence-corrected chi connectivity index (χ0v) is 33.8. The van der Waals surface area contributed by atoms with Gasteiger partial charge in [-0.1, -0.05) is 128 Å². The van der Waals surface area contributed by atoms with E-state index >= 15 is 0 Å². The van der Waals surface area contributed by atoms with Gasteiger partial charge in [0.15, 0.2) is 5.79 Å². The summed E-state index contributed by atoms with van der Waals surface area (Å²) >= 11 is 0. The van der Waals surface area contributed by atoms with Crippen LogP contribution >= 0.6 is 0 Å². The van der Waals surface area contributed by atoms with Gasteiger partial charge < -0.3 is 24.1 Å². The molecule has 2 N–H and O–H groups in total. The molecule has 4 fully saturated rings. The van der Waals surface area contributed by atoms with Crippen LogP contribution in [0.2, 0.25) is 5.04 Å². The molecule has 0 unspecified atom stereocenters. The lowest BCUT2D eigenvalue weighted by molar-refractivity contribution is -0.279. The van der Waals surface area contributed by atoms with E-state index in [-0.39, 0.29) is 28.4 Å². The van der Waals surface area contributed by atoms with Gasteiger partial charge in [-0.25, -0.2) is 0 Å². The minimum atomic E-state index is -2.65. The van der Waals surface area contributed by atoms with Crippen LogP contribution in [0.25, 0.3) is 0 Å². The SMILES string of the molecule is CC(C)CCC1([C@@H](C)[C@@]2(O)[C@@H](O)C[C@H]3[C@@H]4CC=C5C[C@@H](O[Si](c6ccccc6)(c6ccccc6)C(C)(C)C)CC[C@]5(C)[C@H]4CC[C@@]32C)OCCO1. The van der Waals surface area contributed by atoms with E-state index in [2.05, 4.69) is 122 Å². The van der Waals surface area contributed by atoms with E-state index < -0.39 is 31.2 Å². The largest absolute Gasteiger partial charge is 0.404 e. The lowest BCUT2D eigenvalue weighted by atomic mass is 9.46. The molecule has 6 heteroatoms. The Morgan fingerprint density at radius 2 is 1.49 bits per heavy atom. The number of rotatable bonds is 9. The van der Waals surface area contributed by atoms with Crippen molar-refractivity contribution in [3.8, 4) is 0 Å². The molecule has 5 nitrogen and oxygen atoms in total. The molecule has 0 bridgehead atoms. The molecular formula is C45H66O5Si. The first kappa shape index (κ1) is 37.5. The Kier molecular flexibility index (Phi) is 9.92. The van der Waals surface area contributed by atoms with Gasteiger partial charge in [-0.3, -0.25) is 0 Å². The third kappa shape index (κ3) is 5.80. The molecule has 0 amide bonds. The van der Waals surface area contributed by atoms with Crippen molar-refractivity contribution in [3.05, 3.63) is 72.3 Å². The number of hydrogen-bond donors (Lipinski definition) is 2. The highest BCUT2D eigenvalue weighted by molar-refractivity contribution is 6.99. The van der Waals surface area contributed by atoms with Gasteiger partial charge in [0.25, 0.3) is 8.32 Å². The molecule has 0 spiro atoms. The molecule has 3 saturated carbocycles. The van der Waals surface area contributed by atoms with Gasteiger partial charge in [-0.05, 0) is 95.9 Å². The summed E-state index contributed by atoms with van der Waals surface area (Å²) in [6.07, 6.45) is 10.5. The normalized spacial score (nSPS) is 37.0. The predicted molar refractivity (Wildman–Crippen MR) is 208 cm³/mol. The van der Waals surface area contributed by atoms with Gasteiger partial charge in [0.05, 0.1) is 19.3 Å². The van der Waals surface area contributed by atoms with Crippen LogP contribution in [-0.4, -0.2) is 55.3 Å².